The maximum absolute atomic E-state index is 11.4. The summed E-state index contributed by atoms with van der Waals surface area (Å²) in [7, 11) is -2.81. The molecule has 1 aromatic rings. The van der Waals surface area contributed by atoms with E-state index >= 15 is 0 Å². The molecule has 2 rings (SSSR count). The molecule has 4 nitrogen and oxygen atoms in total. The number of rotatable bonds is 4. The number of hydrogen-bond acceptors (Lipinski definition) is 4. The zero-order valence-corrected chi connectivity index (χ0v) is 12.5. The molecule has 0 amide bonds. The number of sulfone groups is 1. The predicted molar refractivity (Wildman–Crippen MR) is 79.4 cm³/mol. The van der Waals surface area contributed by atoms with Crippen molar-refractivity contribution in [2.24, 2.45) is 0 Å². The topological polar surface area (TPSA) is 49.4 Å². The number of anilines is 1. The summed E-state index contributed by atoms with van der Waals surface area (Å²) in [6.45, 7) is 7.26. The molecular weight excluding hydrogens is 260 g/mol. The Bertz CT molecular complexity index is 526. The molecule has 1 N–H and O–H groups in total. The molecule has 0 radical (unpaired) electrons. The Morgan fingerprint density at radius 3 is 2.53 bits per heavy atom. The van der Waals surface area contributed by atoms with Crippen molar-refractivity contribution in [2.75, 3.05) is 36.0 Å². The number of benzene rings is 1. The van der Waals surface area contributed by atoms with E-state index in [0.29, 0.717) is 13.1 Å². The minimum absolute atomic E-state index is 0.269. The molecule has 5 heteroatoms. The van der Waals surface area contributed by atoms with Gasteiger partial charge in [-0.25, -0.2) is 8.42 Å². The Morgan fingerprint density at radius 1 is 1.26 bits per heavy atom. The molecular formula is C14H22N2O2S. The van der Waals surface area contributed by atoms with Gasteiger partial charge in [0.15, 0.2) is 9.84 Å². The van der Waals surface area contributed by atoms with Crippen LogP contribution in [0, 0.1) is 6.92 Å². The molecule has 1 aliphatic rings. The van der Waals surface area contributed by atoms with Crippen molar-refractivity contribution in [3.8, 4) is 0 Å². The molecule has 0 saturated carbocycles. The highest BCUT2D eigenvalue weighted by molar-refractivity contribution is 7.91. The quantitative estimate of drug-likeness (QED) is 0.905. The van der Waals surface area contributed by atoms with E-state index in [1.165, 1.54) is 11.1 Å². The van der Waals surface area contributed by atoms with Crippen molar-refractivity contribution in [2.45, 2.75) is 20.4 Å². The molecule has 0 bridgehead atoms. The van der Waals surface area contributed by atoms with Gasteiger partial charge in [0.2, 0.25) is 0 Å². The van der Waals surface area contributed by atoms with Crippen LogP contribution < -0.4 is 10.2 Å². The first-order chi connectivity index (χ1) is 9.02. The second-order valence-corrected chi connectivity index (χ2v) is 7.33. The Kier molecular flexibility index (Phi) is 4.47. The van der Waals surface area contributed by atoms with E-state index in [0.717, 1.165) is 18.8 Å². The van der Waals surface area contributed by atoms with Crippen LogP contribution in [-0.2, 0) is 16.4 Å². The molecule has 0 aromatic heterocycles. The van der Waals surface area contributed by atoms with E-state index in [1.807, 2.05) is 0 Å². The Morgan fingerprint density at radius 2 is 1.95 bits per heavy atom. The standard InChI is InChI=1S/C14H22N2O2S/c1-3-15-11-13-4-5-14(10-12(13)2)16-6-8-19(17,18)9-7-16/h4-5,10,15H,3,6-9,11H2,1-2H3. The fraction of sp³-hybridized carbons (Fsp3) is 0.571. The van der Waals surface area contributed by atoms with Crippen LogP contribution in [0.5, 0.6) is 0 Å². The third kappa shape index (κ3) is 3.70. The third-order valence-corrected chi connectivity index (χ3v) is 5.21. The smallest absolute Gasteiger partial charge is 0.153 e. The van der Waals surface area contributed by atoms with Crippen molar-refractivity contribution >= 4 is 15.5 Å². The van der Waals surface area contributed by atoms with Crippen LogP contribution in [0.1, 0.15) is 18.1 Å². The number of nitrogens with zero attached hydrogens (tertiary/aromatic N) is 1. The normalized spacial score (nSPS) is 18.5. The molecule has 1 heterocycles. The lowest BCUT2D eigenvalue weighted by Gasteiger charge is -2.29. The average Bonchev–Trinajstić information content (AvgIpc) is 2.37. The van der Waals surface area contributed by atoms with Crippen LogP contribution in [-0.4, -0.2) is 39.6 Å². The lowest BCUT2D eigenvalue weighted by Crippen LogP contribution is -2.40. The highest BCUT2D eigenvalue weighted by Gasteiger charge is 2.21. The van der Waals surface area contributed by atoms with E-state index in [9.17, 15) is 8.42 Å². The lowest BCUT2D eigenvalue weighted by molar-refractivity contribution is 0.587. The van der Waals surface area contributed by atoms with E-state index in [-0.39, 0.29) is 11.5 Å². The largest absolute Gasteiger partial charge is 0.369 e. The second kappa shape index (κ2) is 5.92. The Hall–Kier alpha value is -1.07. The van der Waals surface area contributed by atoms with Gasteiger partial charge in [0, 0.05) is 25.3 Å². The highest BCUT2D eigenvalue weighted by Crippen LogP contribution is 2.21. The summed E-state index contributed by atoms with van der Waals surface area (Å²) in [6, 6.07) is 6.39. The van der Waals surface area contributed by atoms with Crippen LogP contribution in [0.3, 0.4) is 0 Å². The number of nitrogens with one attached hydrogen (secondary N) is 1. The lowest BCUT2D eigenvalue weighted by atomic mass is 10.1. The predicted octanol–water partition coefficient (Wildman–Crippen LogP) is 1.34. The van der Waals surface area contributed by atoms with Crippen LogP contribution in [0.2, 0.25) is 0 Å². The maximum Gasteiger partial charge on any atom is 0.153 e. The van der Waals surface area contributed by atoms with Crippen LogP contribution in [0.25, 0.3) is 0 Å². The zero-order valence-electron chi connectivity index (χ0n) is 11.6. The molecule has 1 saturated heterocycles. The number of aryl methyl sites for hydroxylation is 1. The minimum Gasteiger partial charge on any atom is -0.369 e. The van der Waals surface area contributed by atoms with Crippen LogP contribution in [0.4, 0.5) is 5.69 Å². The van der Waals surface area contributed by atoms with Gasteiger partial charge in [-0.1, -0.05) is 13.0 Å². The molecule has 0 unspecified atom stereocenters. The summed E-state index contributed by atoms with van der Waals surface area (Å²) in [4.78, 5) is 2.16. The van der Waals surface area contributed by atoms with E-state index in [1.54, 1.807) is 0 Å². The van der Waals surface area contributed by atoms with Crippen molar-refractivity contribution in [3.63, 3.8) is 0 Å². The Labute approximate surface area is 115 Å². The number of hydrogen-bond donors (Lipinski definition) is 1. The molecule has 1 aliphatic heterocycles. The summed E-state index contributed by atoms with van der Waals surface area (Å²) in [5.74, 6) is 0.538. The first-order valence-electron chi connectivity index (χ1n) is 6.77. The molecule has 0 spiro atoms. The molecule has 19 heavy (non-hydrogen) atoms. The summed E-state index contributed by atoms with van der Waals surface area (Å²) in [5.41, 5.74) is 3.69. The van der Waals surface area contributed by atoms with Crippen molar-refractivity contribution < 1.29 is 8.42 Å². The van der Waals surface area contributed by atoms with Gasteiger partial charge in [0.1, 0.15) is 0 Å². The van der Waals surface area contributed by atoms with Gasteiger partial charge in [-0.3, -0.25) is 0 Å². The monoisotopic (exact) mass is 282 g/mol. The Balaban J connectivity index is 2.08. The molecule has 106 valence electrons. The first kappa shape index (κ1) is 14.3. The van der Waals surface area contributed by atoms with Crippen molar-refractivity contribution in [3.05, 3.63) is 29.3 Å². The van der Waals surface area contributed by atoms with Gasteiger partial charge in [0.25, 0.3) is 0 Å². The SMILES string of the molecule is CCNCc1ccc(N2CCS(=O)(=O)CC2)cc1C. The fourth-order valence-electron chi connectivity index (χ4n) is 2.31. The van der Waals surface area contributed by atoms with Gasteiger partial charge in [-0.2, -0.15) is 0 Å². The highest BCUT2D eigenvalue weighted by atomic mass is 32.2. The van der Waals surface area contributed by atoms with Gasteiger partial charge >= 0.3 is 0 Å². The maximum atomic E-state index is 11.4. The first-order valence-corrected chi connectivity index (χ1v) is 8.59. The average molecular weight is 282 g/mol. The van der Waals surface area contributed by atoms with Crippen LogP contribution >= 0.6 is 0 Å². The van der Waals surface area contributed by atoms with Gasteiger partial charge in [-0.15, -0.1) is 0 Å². The summed E-state index contributed by atoms with van der Waals surface area (Å²) in [5, 5.41) is 3.32. The third-order valence-electron chi connectivity index (χ3n) is 3.60. The second-order valence-electron chi connectivity index (χ2n) is 5.03. The summed E-state index contributed by atoms with van der Waals surface area (Å²) in [6.07, 6.45) is 0. The molecule has 0 atom stereocenters. The molecule has 1 aromatic carbocycles. The fourth-order valence-corrected chi connectivity index (χ4v) is 3.51. The van der Waals surface area contributed by atoms with Crippen molar-refractivity contribution in [1.82, 2.24) is 5.32 Å². The minimum atomic E-state index is -2.81. The summed E-state index contributed by atoms with van der Waals surface area (Å²) >= 11 is 0. The van der Waals surface area contributed by atoms with Gasteiger partial charge in [0.05, 0.1) is 11.5 Å². The molecule has 1 fully saturated rings. The molecule has 0 aliphatic carbocycles. The van der Waals surface area contributed by atoms with Crippen LogP contribution in [0.15, 0.2) is 18.2 Å². The van der Waals surface area contributed by atoms with E-state index in [2.05, 4.69) is 42.3 Å². The zero-order chi connectivity index (χ0) is 13.9. The van der Waals surface area contributed by atoms with E-state index in [4.69, 9.17) is 0 Å². The van der Waals surface area contributed by atoms with Gasteiger partial charge in [-0.05, 0) is 36.7 Å². The van der Waals surface area contributed by atoms with E-state index < -0.39 is 9.84 Å². The van der Waals surface area contributed by atoms with Crippen molar-refractivity contribution in [1.29, 1.82) is 0 Å². The van der Waals surface area contributed by atoms with Gasteiger partial charge < -0.3 is 10.2 Å². The summed E-state index contributed by atoms with van der Waals surface area (Å²) < 4.78 is 22.9.